The summed E-state index contributed by atoms with van der Waals surface area (Å²) in [6, 6.07) is 0. The first-order chi connectivity index (χ1) is 4.54. The monoisotopic (exact) mass is 164 g/mol. The summed E-state index contributed by atoms with van der Waals surface area (Å²) in [4.78, 5) is 0. The van der Waals surface area contributed by atoms with E-state index in [0.717, 1.165) is 0 Å². The summed E-state index contributed by atoms with van der Waals surface area (Å²) in [7, 11) is -3.14. The molecule has 0 saturated carbocycles. The van der Waals surface area contributed by atoms with Crippen LogP contribution in [0, 0.1) is 0 Å². The number of nitrogens with zero attached hydrogens (tertiary/aromatic N) is 1. The lowest BCUT2D eigenvalue weighted by atomic mass is 10.4. The number of hydrogen-bond acceptors (Lipinski definition) is 2. The van der Waals surface area contributed by atoms with Crippen molar-refractivity contribution >= 4 is 10.0 Å². The molecular formula is C6H14NO2S. The van der Waals surface area contributed by atoms with Crippen LogP contribution in [0.25, 0.3) is 0 Å². The van der Waals surface area contributed by atoms with Crippen molar-refractivity contribution in [3.8, 4) is 0 Å². The highest BCUT2D eigenvalue weighted by Crippen LogP contribution is 2.02. The Morgan fingerprint density at radius 1 is 1.40 bits per heavy atom. The summed E-state index contributed by atoms with van der Waals surface area (Å²) < 4.78 is 25.5. The normalized spacial score (nSPS) is 15.1. The molecule has 0 fully saturated rings. The van der Waals surface area contributed by atoms with Gasteiger partial charge in [-0.1, -0.05) is 6.92 Å². The maximum absolute atomic E-state index is 11.0. The molecule has 0 aromatic heterocycles. The number of sulfonamides is 1. The third-order valence-electron chi connectivity index (χ3n) is 1.39. The van der Waals surface area contributed by atoms with E-state index < -0.39 is 10.0 Å². The van der Waals surface area contributed by atoms with Crippen LogP contribution in [-0.4, -0.2) is 20.2 Å². The Morgan fingerprint density at radius 3 is 2.20 bits per heavy atom. The number of hydrogen-bond donors (Lipinski definition) is 0. The van der Waals surface area contributed by atoms with Crippen molar-refractivity contribution in [2.45, 2.75) is 32.4 Å². The van der Waals surface area contributed by atoms with Crippen LogP contribution in [-0.2, 0) is 10.0 Å². The van der Waals surface area contributed by atoms with E-state index in [2.05, 4.69) is 4.72 Å². The highest BCUT2D eigenvalue weighted by atomic mass is 32.2. The average Bonchev–Trinajstić information content (AvgIpc) is 1.86. The minimum Gasteiger partial charge on any atom is -0.211 e. The van der Waals surface area contributed by atoms with Gasteiger partial charge >= 0.3 is 0 Å². The summed E-state index contributed by atoms with van der Waals surface area (Å²) in [6.45, 7) is 5.59. The van der Waals surface area contributed by atoms with Gasteiger partial charge in [0.15, 0.2) is 0 Å². The fourth-order valence-corrected chi connectivity index (χ4v) is 1.55. The Hall–Kier alpha value is -0.0900. The molecular weight excluding hydrogens is 150 g/mol. The highest BCUT2D eigenvalue weighted by molar-refractivity contribution is 7.89. The lowest BCUT2D eigenvalue weighted by Crippen LogP contribution is -2.26. The Labute approximate surface area is 62.9 Å². The Morgan fingerprint density at radius 2 is 1.90 bits per heavy atom. The maximum atomic E-state index is 11.0. The third-order valence-corrected chi connectivity index (χ3v) is 3.36. The van der Waals surface area contributed by atoms with Gasteiger partial charge in [-0.15, -0.1) is 4.72 Å². The Balaban J connectivity index is 4.12. The van der Waals surface area contributed by atoms with E-state index in [1.54, 1.807) is 13.8 Å². The van der Waals surface area contributed by atoms with Gasteiger partial charge in [0.05, 0.1) is 5.25 Å². The standard InChI is InChI=1S/C6H14NO2S/c1-4-6(3)10(8,9)7-5-2/h6H,4-5H2,1-3H3. The second kappa shape index (κ2) is 3.93. The van der Waals surface area contributed by atoms with Crippen LogP contribution in [0.5, 0.6) is 0 Å². The van der Waals surface area contributed by atoms with Crippen molar-refractivity contribution in [2.24, 2.45) is 0 Å². The molecule has 0 aliphatic rings. The van der Waals surface area contributed by atoms with E-state index in [1.165, 1.54) is 0 Å². The van der Waals surface area contributed by atoms with Gasteiger partial charge in [-0.2, -0.15) is 0 Å². The molecule has 0 aromatic rings. The topological polar surface area (TPSA) is 48.2 Å². The number of rotatable bonds is 4. The second-order valence-corrected chi connectivity index (χ2v) is 4.27. The van der Waals surface area contributed by atoms with E-state index in [0.29, 0.717) is 13.0 Å². The minimum absolute atomic E-state index is 0.326. The van der Waals surface area contributed by atoms with Crippen LogP contribution < -0.4 is 4.72 Å². The molecule has 61 valence electrons. The van der Waals surface area contributed by atoms with Crippen LogP contribution in [0.2, 0.25) is 0 Å². The van der Waals surface area contributed by atoms with Gasteiger partial charge in [-0.25, -0.2) is 8.42 Å². The molecule has 0 amide bonds. The third kappa shape index (κ3) is 2.66. The van der Waals surface area contributed by atoms with Crippen LogP contribution in [0.4, 0.5) is 0 Å². The van der Waals surface area contributed by atoms with E-state index >= 15 is 0 Å². The molecule has 0 rings (SSSR count). The Kier molecular flexibility index (Phi) is 3.89. The first-order valence-electron chi connectivity index (χ1n) is 3.47. The molecule has 0 bridgehead atoms. The molecule has 3 nitrogen and oxygen atoms in total. The molecule has 4 heteroatoms. The molecule has 0 saturated heterocycles. The highest BCUT2D eigenvalue weighted by Gasteiger charge is 2.17. The maximum Gasteiger partial charge on any atom is 0.230 e. The van der Waals surface area contributed by atoms with Crippen LogP contribution in [0.1, 0.15) is 27.2 Å². The summed E-state index contributed by atoms with van der Waals surface area (Å²) >= 11 is 0. The van der Waals surface area contributed by atoms with Crippen molar-refractivity contribution in [1.82, 2.24) is 4.72 Å². The smallest absolute Gasteiger partial charge is 0.211 e. The molecule has 10 heavy (non-hydrogen) atoms. The van der Waals surface area contributed by atoms with Crippen molar-refractivity contribution in [1.29, 1.82) is 0 Å². The van der Waals surface area contributed by atoms with Gasteiger partial charge in [0.2, 0.25) is 10.0 Å². The van der Waals surface area contributed by atoms with Crippen molar-refractivity contribution in [3.05, 3.63) is 0 Å². The largest absolute Gasteiger partial charge is 0.230 e. The Bertz CT molecular complexity index is 174. The van der Waals surface area contributed by atoms with E-state index in [-0.39, 0.29) is 5.25 Å². The fourth-order valence-electron chi connectivity index (χ4n) is 0.518. The summed E-state index contributed by atoms with van der Waals surface area (Å²) in [5, 5.41) is -0.326. The molecule has 1 unspecified atom stereocenters. The van der Waals surface area contributed by atoms with Gasteiger partial charge in [0, 0.05) is 6.54 Å². The summed E-state index contributed by atoms with van der Waals surface area (Å²) in [5.41, 5.74) is 0. The van der Waals surface area contributed by atoms with Gasteiger partial charge in [0.1, 0.15) is 0 Å². The zero-order chi connectivity index (χ0) is 8.20. The minimum atomic E-state index is -3.14. The first-order valence-corrected chi connectivity index (χ1v) is 4.97. The molecule has 0 N–H and O–H groups in total. The molecule has 0 aromatic carbocycles. The lowest BCUT2D eigenvalue weighted by molar-refractivity contribution is 0.567. The summed E-state index contributed by atoms with van der Waals surface area (Å²) in [5.74, 6) is 0. The van der Waals surface area contributed by atoms with E-state index in [9.17, 15) is 8.42 Å². The first kappa shape index (κ1) is 9.91. The van der Waals surface area contributed by atoms with Gasteiger partial charge in [-0.3, -0.25) is 0 Å². The van der Waals surface area contributed by atoms with E-state index in [1.807, 2.05) is 6.92 Å². The SMILES string of the molecule is CC[N]S(=O)(=O)C(C)CC. The molecule has 0 heterocycles. The van der Waals surface area contributed by atoms with Crippen LogP contribution in [0.3, 0.4) is 0 Å². The van der Waals surface area contributed by atoms with Crippen molar-refractivity contribution in [2.75, 3.05) is 6.54 Å². The van der Waals surface area contributed by atoms with Crippen molar-refractivity contribution in [3.63, 3.8) is 0 Å². The van der Waals surface area contributed by atoms with Crippen LogP contribution in [0.15, 0.2) is 0 Å². The fraction of sp³-hybridized carbons (Fsp3) is 1.00. The summed E-state index contributed by atoms with van der Waals surface area (Å²) in [6.07, 6.45) is 0.631. The molecule has 0 spiro atoms. The average molecular weight is 164 g/mol. The second-order valence-electron chi connectivity index (χ2n) is 2.18. The lowest BCUT2D eigenvalue weighted by Gasteiger charge is -2.07. The predicted molar refractivity (Wildman–Crippen MR) is 41.3 cm³/mol. The molecule has 0 aliphatic heterocycles. The van der Waals surface area contributed by atoms with Crippen LogP contribution >= 0.6 is 0 Å². The van der Waals surface area contributed by atoms with Crippen molar-refractivity contribution < 1.29 is 8.42 Å². The zero-order valence-electron chi connectivity index (χ0n) is 6.66. The van der Waals surface area contributed by atoms with E-state index in [4.69, 9.17) is 0 Å². The van der Waals surface area contributed by atoms with Gasteiger partial charge in [0.25, 0.3) is 0 Å². The predicted octanol–water partition coefficient (Wildman–Crippen LogP) is 0.739. The van der Waals surface area contributed by atoms with Gasteiger partial charge < -0.3 is 0 Å². The molecule has 1 atom stereocenters. The molecule has 0 aliphatic carbocycles. The molecule has 1 radical (unpaired) electrons. The zero-order valence-corrected chi connectivity index (χ0v) is 7.48. The quantitative estimate of drug-likeness (QED) is 0.615. The van der Waals surface area contributed by atoms with Gasteiger partial charge in [-0.05, 0) is 20.3 Å².